The number of likely N-dealkylation sites (N-methyl/N-ethyl adjacent to an activating group) is 1. The van der Waals surface area contributed by atoms with Gasteiger partial charge in [-0.3, -0.25) is 4.79 Å². The van der Waals surface area contributed by atoms with E-state index < -0.39 is 4.75 Å². The standard InChI is InChI=1S/C31H45N3O2S/c1-32(2)22-12-21-31(30(35)34(4)28-15-8-9-16-29(28)37-31)25-17-19-27(20-18-25)36-24-11-10-23-33(3)26-13-6-5-7-14-26/h8-9,15-20,26H,5-7,10-14,21-24H2,1-4H3. The lowest BCUT2D eigenvalue weighted by Gasteiger charge is -2.41. The van der Waals surface area contributed by atoms with Crippen molar-refractivity contribution < 1.29 is 9.53 Å². The number of ether oxygens (including phenoxy) is 1. The van der Waals surface area contributed by atoms with Gasteiger partial charge in [-0.15, -0.1) is 11.8 Å². The molecule has 4 rings (SSSR count). The van der Waals surface area contributed by atoms with Crippen LogP contribution < -0.4 is 9.64 Å². The van der Waals surface area contributed by atoms with E-state index in [0.717, 1.165) is 73.3 Å². The average Bonchev–Trinajstić information content (AvgIpc) is 2.92. The Morgan fingerprint density at radius 2 is 1.68 bits per heavy atom. The van der Waals surface area contributed by atoms with Crippen LogP contribution in [0.25, 0.3) is 0 Å². The first kappa shape index (κ1) is 28.0. The van der Waals surface area contributed by atoms with Crippen molar-refractivity contribution in [2.24, 2.45) is 0 Å². The second kappa shape index (κ2) is 13.2. The molecule has 0 saturated heterocycles. The van der Waals surface area contributed by atoms with Gasteiger partial charge in [0, 0.05) is 18.0 Å². The van der Waals surface area contributed by atoms with E-state index in [1.165, 1.54) is 32.1 Å². The number of benzene rings is 2. The molecule has 5 nitrogen and oxygen atoms in total. The quantitative estimate of drug-likeness (QED) is 0.300. The predicted molar refractivity (Wildman–Crippen MR) is 156 cm³/mol. The van der Waals surface area contributed by atoms with Crippen LogP contribution in [-0.4, -0.2) is 69.6 Å². The molecule has 0 N–H and O–H groups in total. The molecule has 2 aromatic rings. The number of hydrogen-bond donors (Lipinski definition) is 0. The molecule has 1 saturated carbocycles. The first-order chi connectivity index (χ1) is 17.9. The number of unbranched alkanes of at least 4 members (excludes halogenated alkanes) is 1. The van der Waals surface area contributed by atoms with E-state index in [1.807, 2.05) is 36.2 Å². The second-order valence-corrected chi connectivity index (χ2v) is 12.4. The van der Waals surface area contributed by atoms with Gasteiger partial charge in [-0.2, -0.15) is 0 Å². The average molecular weight is 524 g/mol. The van der Waals surface area contributed by atoms with Crippen molar-refractivity contribution in [1.82, 2.24) is 9.80 Å². The molecule has 202 valence electrons. The van der Waals surface area contributed by atoms with Gasteiger partial charge in [0.1, 0.15) is 10.5 Å². The molecule has 1 aliphatic carbocycles. The molecule has 1 fully saturated rings. The highest BCUT2D eigenvalue weighted by molar-refractivity contribution is 8.01. The molecule has 1 heterocycles. The zero-order valence-corrected chi connectivity index (χ0v) is 24.1. The number of carbonyl (C=O) groups excluding carboxylic acids is 1. The van der Waals surface area contributed by atoms with Crippen LogP contribution in [0.5, 0.6) is 5.75 Å². The normalized spacial score (nSPS) is 20.5. The van der Waals surface area contributed by atoms with Crippen molar-refractivity contribution in [3.8, 4) is 5.75 Å². The Kier molecular flexibility index (Phi) is 9.96. The first-order valence-electron chi connectivity index (χ1n) is 14.1. The lowest BCUT2D eigenvalue weighted by atomic mass is 9.90. The van der Waals surface area contributed by atoms with Crippen molar-refractivity contribution >= 4 is 23.4 Å². The van der Waals surface area contributed by atoms with Gasteiger partial charge < -0.3 is 19.4 Å². The molecule has 2 aromatic carbocycles. The third-order valence-corrected chi connectivity index (χ3v) is 9.52. The van der Waals surface area contributed by atoms with E-state index in [9.17, 15) is 4.79 Å². The van der Waals surface area contributed by atoms with Gasteiger partial charge in [-0.05, 0) is 103 Å². The topological polar surface area (TPSA) is 36.0 Å². The van der Waals surface area contributed by atoms with E-state index in [0.29, 0.717) is 0 Å². The van der Waals surface area contributed by atoms with Crippen molar-refractivity contribution in [2.45, 2.75) is 73.5 Å². The van der Waals surface area contributed by atoms with E-state index in [1.54, 1.807) is 11.8 Å². The summed E-state index contributed by atoms with van der Waals surface area (Å²) in [4.78, 5) is 21.6. The zero-order valence-electron chi connectivity index (χ0n) is 23.2. The number of nitrogens with zero attached hydrogens (tertiary/aromatic N) is 3. The van der Waals surface area contributed by atoms with Crippen LogP contribution in [-0.2, 0) is 9.54 Å². The maximum atomic E-state index is 13.8. The summed E-state index contributed by atoms with van der Waals surface area (Å²) < 4.78 is 5.47. The highest BCUT2D eigenvalue weighted by atomic mass is 32.2. The number of para-hydroxylation sites is 1. The van der Waals surface area contributed by atoms with Gasteiger partial charge >= 0.3 is 0 Å². The Morgan fingerprint density at radius 3 is 2.41 bits per heavy atom. The van der Waals surface area contributed by atoms with Crippen LogP contribution in [0.2, 0.25) is 0 Å². The number of thioether (sulfide) groups is 1. The van der Waals surface area contributed by atoms with Crippen molar-refractivity contribution in [3.63, 3.8) is 0 Å². The third kappa shape index (κ3) is 6.90. The number of anilines is 1. The van der Waals surface area contributed by atoms with Crippen LogP contribution in [0, 0.1) is 0 Å². The molecule has 0 bridgehead atoms. The number of fused-ring (bicyclic) bond motifs is 1. The summed E-state index contributed by atoms with van der Waals surface area (Å²) in [5, 5.41) is 0. The fourth-order valence-corrected chi connectivity index (χ4v) is 7.30. The molecule has 1 aliphatic heterocycles. The monoisotopic (exact) mass is 523 g/mol. The smallest absolute Gasteiger partial charge is 0.247 e. The van der Waals surface area contributed by atoms with Gasteiger partial charge in [0.2, 0.25) is 5.91 Å². The summed E-state index contributed by atoms with van der Waals surface area (Å²) in [6.45, 7) is 2.84. The Bertz CT molecular complexity index is 1010. The molecule has 0 aromatic heterocycles. The number of rotatable bonds is 12. The van der Waals surface area contributed by atoms with Crippen LogP contribution >= 0.6 is 11.8 Å². The van der Waals surface area contributed by atoms with Crippen LogP contribution in [0.1, 0.15) is 63.4 Å². The minimum atomic E-state index is -0.624. The lowest BCUT2D eigenvalue weighted by Crippen LogP contribution is -2.46. The molecular formula is C31H45N3O2S. The summed E-state index contributed by atoms with van der Waals surface area (Å²) in [6, 6.07) is 17.3. The summed E-state index contributed by atoms with van der Waals surface area (Å²) in [6.07, 6.45) is 10.9. The van der Waals surface area contributed by atoms with Crippen LogP contribution in [0.15, 0.2) is 53.4 Å². The minimum absolute atomic E-state index is 0.158. The predicted octanol–water partition coefficient (Wildman–Crippen LogP) is 6.42. The fourth-order valence-electron chi connectivity index (χ4n) is 5.74. The highest BCUT2D eigenvalue weighted by Gasteiger charge is 2.47. The molecule has 1 atom stereocenters. The Morgan fingerprint density at radius 1 is 0.946 bits per heavy atom. The summed E-state index contributed by atoms with van der Waals surface area (Å²) >= 11 is 1.71. The Labute approximate surface area is 228 Å². The molecule has 0 spiro atoms. The van der Waals surface area contributed by atoms with E-state index in [2.05, 4.69) is 55.2 Å². The van der Waals surface area contributed by atoms with Crippen molar-refractivity contribution in [3.05, 3.63) is 54.1 Å². The van der Waals surface area contributed by atoms with E-state index in [4.69, 9.17) is 4.74 Å². The van der Waals surface area contributed by atoms with Gasteiger partial charge in [-0.1, -0.05) is 43.5 Å². The van der Waals surface area contributed by atoms with Crippen LogP contribution in [0.3, 0.4) is 0 Å². The molecule has 1 amide bonds. The highest BCUT2D eigenvalue weighted by Crippen LogP contribution is 2.53. The Hall–Kier alpha value is -2.02. The maximum Gasteiger partial charge on any atom is 0.247 e. The molecule has 0 radical (unpaired) electrons. The number of hydrogen-bond acceptors (Lipinski definition) is 5. The fraction of sp³-hybridized carbons (Fsp3) is 0.581. The summed E-state index contributed by atoms with van der Waals surface area (Å²) in [5.41, 5.74) is 2.05. The largest absolute Gasteiger partial charge is 0.494 e. The van der Waals surface area contributed by atoms with Gasteiger partial charge in [0.15, 0.2) is 0 Å². The molecule has 6 heteroatoms. The Balaban J connectivity index is 1.37. The second-order valence-electron chi connectivity index (χ2n) is 11.0. The number of carbonyl (C=O) groups is 1. The summed E-state index contributed by atoms with van der Waals surface area (Å²) in [7, 11) is 8.36. The minimum Gasteiger partial charge on any atom is -0.494 e. The SMILES string of the molecule is CN(C)CCCC1(c2ccc(OCCCCN(C)C3CCCCC3)cc2)Sc2ccccc2N(C)C1=O. The first-order valence-corrected chi connectivity index (χ1v) is 14.9. The maximum absolute atomic E-state index is 13.8. The zero-order chi connectivity index (χ0) is 26.3. The van der Waals surface area contributed by atoms with Crippen molar-refractivity contribution in [2.75, 3.05) is 52.8 Å². The lowest BCUT2D eigenvalue weighted by molar-refractivity contribution is -0.121. The van der Waals surface area contributed by atoms with Gasteiger partial charge in [0.25, 0.3) is 0 Å². The molecular weight excluding hydrogens is 478 g/mol. The van der Waals surface area contributed by atoms with E-state index >= 15 is 0 Å². The molecule has 37 heavy (non-hydrogen) atoms. The third-order valence-electron chi connectivity index (χ3n) is 7.99. The number of amides is 1. The molecule has 2 aliphatic rings. The van der Waals surface area contributed by atoms with Crippen LogP contribution in [0.4, 0.5) is 5.69 Å². The summed E-state index contributed by atoms with van der Waals surface area (Å²) in [5.74, 6) is 1.04. The van der Waals surface area contributed by atoms with Gasteiger partial charge in [0.05, 0.1) is 12.3 Å². The van der Waals surface area contributed by atoms with Crippen molar-refractivity contribution in [1.29, 1.82) is 0 Å². The van der Waals surface area contributed by atoms with E-state index in [-0.39, 0.29) is 5.91 Å². The molecule has 1 unspecified atom stereocenters. The van der Waals surface area contributed by atoms with Gasteiger partial charge in [-0.25, -0.2) is 0 Å².